The number of carbonyl (C=O) groups excluding carboxylic acids is 1. The van der Waals surface area contributed by atoms with Gasteiger partial charge >= 0.3 is 0 Å². The van der Waals surface area contributed by atoms with Gasteiger partial charge in [0.25, 0.3) is 0 Å². The zero-order valence-electron chi connectivity index (χ0n) is 14.6. The lowest BCUT2D eigenvalue weighted by Crippen LogP contribution is -2.52. The zero-order valence-corrected chi connectivity index (χ0v) is 15.5. The van der Waals surface area contributed by atoms with Crippen molar-refractivity contribution < 1.29 is 4.79 Å². The summed E-state index contributed by atoms with van der Waals surface area (Å²) in [5, 5.41) is 5.86. The molecule has 0 aromatic carbocycles. The third kappa shape index (κ3) is 3.41. The number of carbonyl (C=O) groups is 1. The van der Waals surface area contributed by atoms with Crippen LogP contribution in [0.25, 0.3) is 0 Å². The van der Waals surface area contributed by atoms with E-state index < -0.39 is 0 Å². The van der Waals surface area contributed by atoms with Gasteiger partial charge in [0.2, 0.25) is 5.91 Å². The van der Waals surface area contributed by atoms with Gasteiger partial charge in [-0.3, -0.25) is 4.79 Å². The molecular formula is C20H30N2OS. The number of hydrogen-bond acceptors (Lipinski definition) is 3. The Morgan fingerprint density at radius 3 is 2.54 bits per heavy atom. The number of piperidine rings is 1. The summed E-state index contributed by atoms with van der Waals surface area (Å²) in [5.74, 6) is 1.36. The molecule has 4 heteroatoms. The molecule has 2 saturated carbocycles. The monoisotopic (exact) mass is 346 g/mol. The van der Waals surface area contributed by atoms with Crippen LogP contribution in [-0.2, 0) is 10.2 Å². The molecule has 0 spiro atoms. The van der Waals surface area contributed by atoms with Gasteiger partial charge in [-0.2, -0.15) is 0 Å². The van der Waals surface area contributed by atoms with Crippen molar-refractivity contribution in [3.8, 4) is 0 Å². The first kappa shape index (κ1) is 16.6. The van der Waals surface area contributed by atoms with Crippen LogP contribution in [0.15, 0.2) is 17.5 Å². The fourth-order valence-electron chi connectivity index (χ4n) is 4.52. The molecule has 132 valence electrons. The molecule has 1 N–H and O–H groups in total. The van der Waals surface area contributed by atoms with Gasteiger partial charge < -0.3 is 10.2 Å². The average Bonchev–Trinajstić information content (AvgIpc) is 3.30. The number of nitrogens with zero attached hydrogens (tertiary/aromatic N) is 1. The van der Waals surface area contributed by atoms with E-state index in [2.05, 4.69) is 27.7 Å². The largest absolute Gasteiger partial charge is 0.342 e. The maximum atomic E-state index is 13.5. The third-order valence-electron chi connectivity index (χ3n) is 6.28. The first-order chi connectivity index (χ1) is 11.8. The van der Waals surface area contributed by atoms with E-state index in [1.807, 2.05) is 0 Å². The minimum Gasteiger partial charge on any atom is -0.342 e. The van der Waals surface area contributed by atoms with Crippen molar-refractivity contribution in [2.75, 3.05) is 19.6 Å². The Morgan fingerprint density at radius 1 is 1.17 bits per heavy atom. The average molecular weight is 347 g/mol. The van der Waals surface area contributed by atoms with E-state index in [-0.39, 0.29) is 5.41 Å². The third-order valence-corrected chi connectivity index (χ3v) is 7.36. The van der Waals surface area contributed by atoms with Gasteiger partial charge in [-0.15, -0.1) is 11.3 Å². The highest BCUT2D eigenvalue weighted by molar-refractivity contribution is 7.10. The fourth-order valence-corrected chi connectivity index (χ4v) is 5.49. The molecule has 24 heavy (non-hydrogen) atoms. The highest BCUT2D eigenvalue weighted by Gasteiger charge is 2.44. The van der Waals surface area contributed by atoms with Crippen LogP contribution in [0.1, 0.15) is 62.7 Å². The summed E-state index contributed by atoms with van der Waals surface area (Å²) < 4.78 is 0. The summed E-state index contributed by atoms with van der Waals surface area (Å²) in [6.07, 6.45) is 10.8. The van der Waals surface area contributed by atoms with Crippen LogP contribution in [-0.4, -0.2) is 36.5 Å². The molecule has 1 aromatic heterocycles. The van der Waals surface area contributed by atoms with Crippen molar-refractivity contribution >= 4 is 17.2 Å². The van der Waals surface area contributed by atoms with Gasteiger partial charge in [0.05, 0.1) is 5.41 Å². The second-order valence-corrected chi connectivity index (χ2v) is 8.99. The van der Waals surface area contributed by atoms with E-state index >= 15 is 0 Å². The van der Waals surface area contributed by atoms with Gasteiger partial charge in [-0.05, 0) is 62.4 Å². The first-order valence-corrected chi connectivity index (χ1v) is 10.7. The number of likely N-dealkylation sites (tertiary alicyclic amines) is 1. The second kappa shape index (κ2) is 7.17. The normalized spacial score (nSPS) is 24.9. The van der Waals surface area contributed by atoms with E-state index in [1.54, 1.807) is 11.3 Å². The van der Waals surface area contributed by atoms with Crippen LogP contribution in [0.4, 0.5) is 0 Å². The van der Waals surface area contributed by atoms with E-state index in [4.69, 9.17) is 0 Å². The van der Waals surface area contributed by atoms with Crippen LogP contribution in [0.5, 0.6) is 0 Å². The standard InChI is InChI=1S/C20H30N2OS/c23-19(20(10-2-1-3-11-20)18-5-4-14-24-18)22-12-8-17(9-13-22)21-15-16-6-7-16/h4-5,14,16-17,21H,1-3,6-13,15H2. The minimum absolute atomic E-state index is 0.208. The lowest BCUT2D eigenvalue weighted by atomic mass is 9.71. The van der Waals surface area contributed by atoms with Crippen molar-refractivity contribution in [1.82, 2.24) is 10.2 Å². The predicted molar refractivity (Wildman–Crippen MR) is 99.4 cm³/mol. The molecular weight excluding hydrogens is 316 g/mol. The first-order valence-electron chi connectivity index (χ1n) is 9.85. The number of nitrogens with one attached hydrogen (secondary N) is 1. The van der Waals surface area contributed by atoms with Crippen LogP contribution in [0.2, 0.25) is 0 Å². The molecule has 1 aromatic rings. The minimum atomic E-state index is -0.208. The van der Waals surface area contributed by atoms with E-state index in [0.29, 0.717) is 11.9 Å². The summed E-state index contributed by atoms with van der Waals surface area (Å²) in [5.41, 5.74) is -0.208. The molecule has 3 fully saturated rings. The van der Waals surface area contributed by atoms with Crippen LogP contribution < -0.4 is 5.32 Å². The fraction of sp³-hybridized carbons (Fsp3) is 0.750. The molecule has 4 rings (SSSR count). The van der Waals surface area contributed by atoms with Gasteiger partial charge in [-0.1, -0.05) is 25.3 Å². The lowest BCUT2D eigenvalue weighted by Gasteiger charge is -2.42. The summed E-state index contributed by atoms with van der Waals surface area (Å²) >= 11 is 1.78. The quantitative estimate of drug-likeness (QED) is 0.876. The lowest BCUT2D eigenvalue weighted by molar-refractivity contribution is -0.140. The zero-order chi connectivity index (χ0) is 16.4. The highest BCUT2D eigenvalue weighted by Crippen LogP contribution is 2.43. The number of thiophene rings is 1. The van der Waals surface area contributed by atoms with Crippen molar-refractivity contribution in [1.29, 1.82) is 0 Å². The van der Waals surface area contributed by atoms with Crippen molar-refractivity contribution in [2.24, 2.45) is 5.92 Å². The molecule has 0 bridgehead atoms. The summed E-state index contributed by atoms with van der Waals surface area (Å²) in [6.45, 7) is 3.07. The molecule has 0 radical (unpaired) electrons. The Bertz CT molecular complexity index is 538. The molecule has 1 amide bonds. The molecule has 2 heterocycles. The SMILES string of the molecule is O=C(N1CCC(NCC2CC2)CC1)C1(c2cccs2)CCCCC1. The van der Waals surface area contributed by atoms with Gasteiger partial charge in [0, 0.05) is 24.0 Å². The topological polar surface area (TPSA) is 32.3 Å². The molecule has 3 aliphatic rings. The Labute approximate surface area is 149 Å². The number of hydrogen-bond donors (Lipinski definition) is 1. The van der Waals surface area contributed by atoms with E-state index in [9.17, 15) is 4.79 Å². The Balaban J connectivity index is 1.40. The smallest absolute Gasteiger partial charge is 0.234 e. The Hall–Kier alpha value is -0.870. The Kier molecular flexibility index (Phi) is 4.95. The second-order valence-electron chi connectivity index (χ2n) is 8.04. The van der Waals surface area contributed by atoms with Crippen LogP contribution in [0, 0.1) is 5.92 Å². The highest BCUT2D eigenvalue weighted by atomic mass is 32.1. The number of amides is 1. The predicted octanol–water partition coefficient (Wildman–Crippen LogP) is 3.94. The molecule has 1 aliphatic heterocycles. The Morgan fingerprint density at radius 2 is 1.92 bits per heavy atom. The van der Waals surface area contributed by atoms with Crippen molar-refractivity contribution in [3.63, 3.8) is 0 Å². The van der Waals surface area contributed by atoms with Gasteiger partial charge in [0.15, 0.2) is 0 Å². The number of rotatable bonds is 5. The van der Waals surface area contributed by atoms with Gasteiger partial charge in [0.1, 0.15) is 0 Å². The van der Waals surface area contributed by atoms with Gasteiger partial charge in [-0.25, -0.2) is 0 Å². The van der Waals surface area contributed by atoms with Crippen molar-refractivity contribution in [2.45, 2.75) is 69.2 Å². The van der Waals surface area contributed by atoms with E-state index in [0.717, 1.165) is 44.7 Å². The summed E-state index contributed by atoms with van der Waals surface area (Å²) in [4.78, 5) is 17.0. The van der Waals surface area contributed by atoms with Crippen molar-refractivity contribution in [3.05, 3.63) is 22.4 Å². The van der Waals surface area contributed by atoms with Crippen LogP contribution in [0.3, 0.4) is 0 Å². The molecule has 1 saturated heterocycles. The molecule has 0 atom stereocenters. The molecule has 0 unspecified atom stereocenters. The molecule has 3 nitrogen and oxygen atoms in total. The summed E-state index contributed by atoms with van der Waals surface area (Å²) in [6, 6.07) is 4.92. The van der Waals surface area contributed by atoms with E-state index in [1.165, 1.54) is 43.5 Å². The van der Waals surface area contributed by atoms with Crippen LogP contribution >= 0.6 is 11.3 Å². The summed E-state index contributed by atoms with van der Waals surface area (Å²) in [7, 11) is 0. The maximum Gasteiger partial charge on any atom is 0.234 e. The molecule has 2 aliphatic carbocycles. The maximum absolute atomic E-state index is 13.5.